The van der Waals surface area contributed by atoms with Crippen LogP contribution >= 0.6 is 0 Å². The topological polar surface area (TPSA) is 81.2 Å². The summed E-state index contributed by atoms with van der Waals surface area (Å²) in [5.74, 6) is 0.250. The first-order chi connectivity index (χ1) is 9.68. The molecule has 0 fully saturated rings. The van der Waals surface area contributed by atoms with Crippen LogP contribution in [0.3, 0.4) is 0 Å². The third-order valence-electron chi connectivity index (χ3n) is 3.66. The van der Waals surface area contributed by atoms with Gasteiger partial charge in [-0.1, -0.05) is 12.1 Å². The van der Waals surface area contributed by atoms with Gasteiger partial charge in [0, 0.05) is 24.2 Å². The number of nitrogens with two attached hydrogens (primary N) is 1. The standard InChI is InChI=1S/C15H10N4O/c16-13(20)10-4-9-5-15(6-12(9)18-7-10)8-19-14-11(15)2-1-3-17-14/h1-8H,(H2,16,20). The average Bonchev–Trinajstić information content (AvgIpc) is 3.00. The third kappa shape index (κ3) is 1.37. The lowest BCUT2D eigenvalue weighted by molar-refractivity contribution is 0.1000. The summed E-state index contributed by atoms with van der Waals surface area (Å²) in [6.45, 7) is 0. The van der Waals surface area contributed by atoms with Gasteiger partial charge in [0.25, 0.3) is 0 Å². The van der Waals surface area contributed by atoms with E-state index in [1.807, 2.05) is 30.5 Å². The molecule has 4 rings (SSSR count). The summed E-state index contributed by atoms with van der Waals surface area (Å²) in [6.07, 6.45) is 9.15. The minimum absolute atomic E-state index is 0.408. The molecule has 0 saturated carbocycles. The molecule has 2 N–H and O–H groups in total. The van der Waals surface area contributed by atoms with Crippen LogP contribution in [0.4, 0.5) is 5.82 Å². The molecule has 5 heteroatoms. The number of carbonyl (C=O) groups excluding carboxylic acids is 1. The SMILES string of the molecule is NC(=O)c1cnc2c(c1)=CC1(C=Nc3ncccc31)C=2. The summed E-state index contributed by atoms with van der Waals surface area (Å²) >= 11 is 0. The summed E-state index contributed by atoms with van der Waals surface area (Å²) in [4.78, 5) is 24.1. The number of aromatic nitrogens is 2. The van der Waals surface area contributed by atoms with Crippen molar-refractivity contribution in [2.45, 2.75) is 5.41 Å². The van der Waals surface area contributed by atoms with Crippen LogP contribution in [-0.2, 0) is 5.41 Å². The molecule has 0 radical (unpaired) electrons. The van der Waals surface area contributed by atoms with Crippen LogP contribution in [0.25, 0.3) is 12.2 Å². The molecule has 2 aromatic heterocycles. The molecule has 0 saturated heterocycles. The highest BCUT2D eigenvalue weighted by atomic mass is 16.1. The number of hydrogen-bond acceptors (Lipinski definition) is 4. The third-order valence-corrected chi connectivity index (χ3v) is 3.66. The number of primary amides is 1. The Morgan fingerprint density at radius 3 is 3.00 bits per heavy atom. The van der Waals surface area contributed by atoms with Gasteiger partial charge in [0.05, 0.1) is 16.3 Å². The van der Waals surface area contributed by atoms with Crippen molar-refractivity contribution in [1.29, 1.82) is 0 Å². The minimum Gasteiger partial charge on any atom is -0.366 e. The summed E-state index contributed by atoms with van der Waals surface area (Å²) in [5, 5.41) is 1.72. The molecule has 20 heavy (non-hydrogen) atoms. The van der Waals surface area contributed by atoms with E-state index in [2.05, 4.69) is 15.0 Å². The van der Waals surface area contributed by atoms with E-state index in [0.717, 1.165) is 21.9 Å². The van der Waals surface area contributed by atoms with Crippen molar-refractivity contribution < 1.29 is 4.79 Å². The van der Waals surface area contributed by atoms with Gasteiger partial charge in [0.15, 0.2) is 5.82 Å². The number of carbonyl (C=O) groups is 1. The fraction of sp³-hybridized carbons (Fsp3) is 0.0667. The van der Waals surface area contributed by atoms with Gasteiger partial charge in [0.2, 0.25) is 5.91 Å². The summed E-state index contributed by atoms with van der Waals surface area (Å²) in [5.41, 5.74) is 6.32. The fourth-order valence-electron chi connectivity index (χ4n) is 2.69. The van der Waals surface area contributed by atoms with E-state index >= 15 is 0 Å². The average molecular weight is 262 g/mol. The molecule has 1 aliphatic heterocycles. The van der Waals surface area contributed by atoms with Crippen LogP contribution in [0.5, 0.6) is 0 Å². The smallest absolute Gasteiger partial charge is 0.250 e. The van der Waals surface area contributed by atoms with E-state index in [-0.39, 0.29) is 0 Å². The van der Waals surface area contributed by atoms with Crippen molar-refractivity contribution in [2.75, 3.05) is 0 Å². The van der Waals surface area contributed by atoms with E-state index < -0.39 is 11.3 Å². The summed E-state index contributed by atoms with van der Waals surface area (Å²) in [6, 6.07) is 5.66. The van der Waals surface area contributed by atoms with Gasteiger partial charge in [-0.15, -0.1) is 0 Å². The highest BCUT2D eigenvalue weighted by molar-refractivity contribution is 6.00. The van der Waals surface area contributed by atoms with Gasteiger partial charge >= 0.3 is 0 Å². The Morgan fingerprint density at radius 1 is 1.25 bits per heavy atom. The van der Waals surface area contributed by atoms with E-state index in [1.54, 1.807) is 12.3 Å². The van der Waals surface area contributed by atoms with Crippen molar-refractivity contribution >= 4 is 30.1 Å². The molecule has 0 aromatic carbocycles. The Balaban J connectivity index is 1.97. The van der Waals surface area contributed by atoms with Crippen molar-refractivity contribution in [3.63, 3.8) is 0 Å². The largest absolute Gasteiger partial charge is 0.366 e. The number of nitrogens with zero attached hydrogens (tertiary/aromatic N) is 3. The Kier molecular flexibility index (Phi) is 1.99. The van der Waals surface area contributed by atoms with Gasteiger partial charge in [-0.25, -0.2) is 9.98 Å². The molecule has 2 aromatic rings. The second-order valence-corrected chi connectivity index (χ2v) is 4.92. The maximum atomic E-state index is 11.2. The zero-order valence-electron chi connectivity index (χ0n) is 10.4. The molecule has 1 spiro atoms. The quantitative estimate of drug-likeness (QED) is 0.773. The highest BCUT2D eigenvalue weighted by Gasteiger charge is 2.35. The maximum absolute atomic E-state index is 11.2. The van der Waals surface area contributed by atoms with Crippen LogP contribution in [-0.4, -0.2) is 22.1 Å². The zero-order valence-corrected chi connectivity index (χ0v) is 10.4. The highest BCUT2D eigenvalue weighted by Crippen LogP contribution is 2.38. The van der Waals surface area contributed by atoms with Gasteiger partial charge < -0.3 is 5.73 Å². The maximum Gasteiger partial charge on any atom is 0.250 e. The lowest BCUT2D eigenvalue weighted by atomic mass is 9.85. The van der Waals surface area contributed by atoms with Crippen molar-refractivity contribution in [2.24, 2.45) is 10.7 Å². The van der Waals surface area contributed by atoms with Gasteiger partial charge in [0.1, 0.15) is 0 Å². The van der Waals surface area contributed by atoms with E-state index in [9.17, 15) is 4.79 Å². The molecule has 1 aliphatic carbocycles. The van der Waals surface area contributed by atoms with Crippen molar-refractivity contribution in [1.82, 2.24) is 9.97 Å². The Morgan fingerprint density at radius 2 is 2.15 bits per heavy atom. The van der Waals surface area contributed by atoms with Gasteiger partial charge in [-0.2, -0.15) is 0 Å². The number of amides is 1. The minimum atomic E-state index is -0.475. The van der Waals surface area contributed by atoms with E-state index in [1.165, 1.54) is 6.20 Å². The second kappa shape index (κ2) is 3.60. The number of rotatable bonds is 1. The summed E-state index contributed by atoms with van der Waals surface area (Å²) < 4.78 is 0. The van der Waals surface area contributed by atoms with Crippen LogP contribution in [0, 0.1) is 0 Å². The van der Waals surface area contributed by atoms with E-state index in [0.29, 0.717) is 5.56 Å². The molecule has 5 nitrogen and oxygen atoms in total. The molecule has 96 valence electrons. The fourth-order valence-corrected chi connectivity index (χ4v) is 2.69. The molecule has 2 aliphatic rings. The van der Waals surface area contributed by atoms with Gasteiger partial charge in [-0.3, -0.25) is 9.78 Å². The molecular weight excluding hydrogens is 252 g/mol. The Labute approximate surface area is 114 Å². The number of hydrogen-bond donors (Lipinski definition) is 1. The lowest BCUT2D eigenvalue weighted by Gasteiger charge is -2.15. The molecule has 1 amide bonds. The molecule has 3 heterocycles. The molecule has 1 atom stereocenters. The zero-order chi connectivity index (χ0) is 13.7. The van der Waals surface area contributed by atoms with E-state index in [4.69, 9.17) is 5.73 Å². The number of pyridine rings is 2. The van der Waals surface area contributed by atoms with Crippen LogP contribution in [0.2, 0.25) is 0 Å². The lowest BCUT2D eigenvalue weighted by Crippen LogP contribution is -2.27. The molecule has 0 bridgehead atoms. The first-order valence-electron chi connectivity index (χ1n) is 6.20. The van der Waals surface area contributed by atoms with Crippen LogP contribution in [0.1, 0.15) is 15.9 Å². The number of aliphatic imine (C=N–C) groups is 1. The van der Waals surface area contributed by atoms with Crippen molar-refractivity contribution in [3.05, 3.63) is 52.3 Å². The predicted octanol–water partition coefficient (Wildman–Crippen LogP) is -0.196. The van der Waals surface area contributed by atoms with Crippen LogP contribution < -0.4 is 16.3 Å². The predicted molar refractivity (Wildman–Crippen MR) is 75.0 cm³/mol. The first kappa shape index (κ1) is 11.0. The normalized spacial score (nSPS) is 21.2. The van der Waals surface area contributed by atoms with Crippen molar-refractivity contribution in [3.8, 4) is 0 Å². The molecular formula is C15H10N4O. The second-order valence-electron chi connectivity index (χ2n) is 4.92. The summed E-state index contributed by atoms with van der Waals surface area (Å²) in [7, 11) is 0. The molecule has 1 unspecified atom stereocenters. The first-order valence-corrected chi connectivity index (χ1v) is 6.20. The van der Waals surface area contributed by atoms with Crippen LogP contribution in [0.15, 0.2) is 35.6 Å². The number of fused-ring (bicyclic) bond motifs is 3. The Bertz CT molecular complexity index is 900. The van der Waals surface area contributed by atoms with Gasteiger partial charge in [-0.05, 0) is 23.4 Å². The monoisotopic (exact) mass is 262 g/mol. The Hall–Kier alpha value is -2.82.